The number of nitrogens with zero attached hydrogens (tertiary/aromatic N) is 1. The van der Waals surface area contributed by atoms with Gasteiger partial charge in [-0.2, -0.15) is 11.3 Å². The number of hydrogen-bond acceptors (Lipinski definition) is 3. The lowest BCUT2D eigenvalue weighted by atomic mass is 9.98. The SMILES string of the molecule is CCN(CC=CC#CC(C)(C)C)Cc1cccc(CCOCCc2ccsc2)c1. The molecule has 0 aliphatic rings. The van der Waals surface area contributed by atoms with E-state index in [0.717, 1.165) is 45.7 Å². The van der Waals surface area contributed by atoms with E-state index in [1.54, 1.807) is 11.3 Å². The predicted molar refractivity (Wildman–Crippen MR) is 126 cm³/mol. The number of thiophene rings is 1. The van der Waals surface area contributed by atoms with E-state index in [0.29, 0.717) is 0 Å². The van der Waals surface area contributed by atoms with E-state index < -0.39 is 0 Å². The summed E-state index contributed by atoms with van der Waals surface area (Å²) in [6, 6.07) is 11.1. The Kier molecular flexibility index (Phi) is 10.2. The molecule has 1 aromatic carbocycles. The van der Waals surface area contributed by atoms with Crippen LogP contribution in [-0.4, -0.2) is 31.2 Å². The summed E-state index contributed by atoms with van der Waals surface area (Å²) in [5.41, 5.74) is 4.13. The summed E-state index contributed by atoms with van der Waals surface area (Å²) in [5, 5.41) is 4.31. The van der Waals surface area contributed by atoms with E-state index in [1.165, 1.54) is 16.7 Å². The zero-order valence-corrected chi connectivity index (χ0v) is 19.2. The van der Waals surface area contributed by atoms with Crippen molar-refractivity contribution < 1.29 is 4.74 Å². The number of benzene rings is 1. The molecular formula is C26H35NOS. The van der Waals surface area contributed by atoms with Crippen molar-refractivity contribution in [2.45, 2.75) is 47.1 Å². The summed E-state index contributed by atoms with van der Waals surface area (Å²) >= 11 is 1.75. The van der Waals surface area contributed by atoms with Gasteiger partial charge in [0.1, 0.15) is 0 Å². The zero-order chi connectivity index (χ0) is 21.0. The first-order chi connectivity index (χ1) is 14.0. The van der Waals surface area contributed by atoms with Crippen LogP contribution in [0.1, 0.15) is 44.4 Å². The Morgan fingerprint density at radius 2 is 1.83 bits per heavy atom. The third-order valence-corrected chi connectivity index (χ3v) is 5.24. The topological polar surface area (TPSA) is 12.5 Å². The fraction of sp³-hybridized carbons (Fsp3) is 0.462. The highest BCUT2D eigenvalue weighted by molar-refractivity contribution is 7.07. The molecule has 0 radical (unpaired) electrons. The van der Waals surface area contributed by atoms with Crippen LogP contribution < -0.4 is 0 Å². The highest BCUT2D eigenvalue weighted by atomic mass is 32.1. The van der Waals surface area contributed by atoms with Crippen molar-refractivity contribution in [2.24, 2.45) is 5.41 Å². The molecule has 0 bridgehead atoms. The van der Waals surface area contributed by atoms with E-state index in [9.17, 15) is 0 Å². The smallest absolute Gasteiger partial charge is 0.0506 e. The van der Waals surface area contributed by atoms with Gasteiger partial charge in [-0.15, -0.1) is 0 Å². The number of hydrogen-bond donors (Lipinski definition) is 0. The van der Waals surface area contributed by atoms with Gasteiger partial charge in [0, 0.05) is 18.5 Å². The summed E-state index contributed by atoms with van der Waals surface area (Å²) < 4.78 is 5.83. The molecule has 0 unspecified atom stereocenters. The van der Waals surface area contributed by atoms with Crippen LogP contribution in [0.2, 0.25) is 0 Å². The molecule has 0 atom stereocenters. The zero-order valence-electron chi connectivity index (χ0n) is 18.4. The Bertz CT molecular complexity index is 790. The average Bonchev–Trinajstić information content (AvgIpc) is 3.19. The van der Waals surface area contributed by atoms with Gasteiger partial charge in [-0.05, 0) is 79.8 Å². The summed E-state index contributed by atoms with van der Waals surface area (Å²) in [6.45, 7) is 13.1. The third-order valence-electron chi connectivity index (χ3n) is 4.51. The molecule has 0 fully saturated rings. The van der Waals surface area contributed by atoms with Crippen LogP contribution in [-0.2, 0) is 24.1 Å². The molecule has 2 aromatic rings. The summed E-state index contributed by atoms with van der Waals surface area (Å²) in [5.74, 6) is 6.39. The maximum Gasteiger partial charge on any atom is 0.0506 e. The van der Waals surface area contributed by atoms with Crippen molar-refractivity contribution >= 4 is 11.3 Å². The minimum Gasteiger partial charge on any atom is -0.381 e. The number of rotatable bonds is 11. The number of allylic oxidation sites excluding steroid dienone is 1. The molecule has 0 spiro atoms. The molecule has 0 amide bonds. The number of ether oxygens (including phenoxy) is 1. The van der Waals surface area contributed by atoms with Gasteiger partial charge in [-0.25, -0.2) is 0 Å². The minimum atomic E-state index is 0.0584. The van der Waals surface area contributed by atoms with E-state index in [-0.39, 0.29) is 5.41 Å². The van der Waals surface area contributed by atoms with E-state index in [2.05, 4.69) is 91.6 Å². The van der Waals surface area contributed by atoms with Gasteiger partial charge in [-0.3, -0.25) is 4.90 Å². The van der Waals surface area contributed by atoms with Crippen LogP contribution in [0.15, 0.2) is 53.2 Å². The van der Waals surface area contributed by atoms with Crippen LogP contribution in [0, 0.1) is 17.3 Å². The Hall–Kier alpha value is -1.86. The molecule has 0 saturated heterocycles. The van der Waals surface area contributed by atoms with Gasteiger partial charge in [0.05, 0.1) is 13.2 Å². The van der Waals surface area contributed by atoms with Crippen LogP contribution in [0.5, 0.6) is 0 Å². The van der Waals surface area contributed by atoms with Crippen LogP contribution in [0.25, 0.3) is 0 Å². The van der Waals surface area contributed by atoms with E-state index in [4.69, 9.17) is 4.74 Å². The summed E-state index contributed by atoms with van der Waals surface area (Å²) in [4.78, 5) is 2.42. The van der Waals surface area contributed by atoms with Gasteiger partial charge < -0.3 is 4.74 Å². The summed E-state index contributed by atoms with van der Waals surface area (Å²) in [7, 11) is 0. The Morgan fingerprint density at radius 3 is 2.52 bits per heavy atom. The fourth-order valence-electron chi connectivity index (χ4n) is 2.88. The molecular weight excluding hydrogens is 374 g/mol. The molecule has 0 aliphatic heterocycles. The van der Waals surface area contributed by atoms with Crippen LogP contribution in [0.4, 0.5) is 0 Å². The summed E-state index contributed by atoms with van der Waals surface area (Å²) in [6.07, 6.45) is 6.11. The van der Waals surface area contributed by atoms with Crippen molar-refractivity contribution in [3.63, 3.8) is 0 Å². The van der Waals surface area contributed by atoms with Crippen molar-refractivity contribution in [2.75, 3.05) is 26.3 Å². The second kappa shape index (κ2) is 12.6. The molecule has 2 nitrogen and oxygen atoms in total. The number of likely N-dealkylation sites (N-methyl/N-ethyl adjacent to an activating group) is 1. The monoisotopic (exact) mass is 409 g/mol. The average molecular weight is 410 g/mol. The predicted octanol–water partition coefficient (Wildman–Crippen LogP) is 5.98. The van der Waals surface area contributed by atoms with Gasteiger partial charge >= 0.3 is 0 Å². The Balaban J connectivity index is 1.74. The molecule has 1 aromatic heterocycles. The highest BCUT2D eigenvalue weighted by Gasteiger charge is 2.04. The van der Waals surface area contributed by atoms with Crippen LogP contribution >= 0.6 is 11.3 Å². The molecule has 3 heteroatoms. The van der Waals surface area contributed by atoms with Gasteiger partial charge in [0.2, 0.25) is 0 Å². The lowest BCUT2D eigenvalue weighted by Gasteiger charge is -2.19. The normalized spacial score (nSPS) is 11.8. The van der Waals surface area contributed by atoms with Crippen LogP contribution in [0.3, 0.4) is 0 Å². The molecule has 1 heterocycles. The molecule has 29 heavy (non-hydrogen) atoms. The molecule has 2 rings (SSSR count). The van der Waals surface area contributed by atoms with Crippen molar-refractivity contribution in [3.8, 4) is 11.8 Å². The lowest BCUT2D eigenvalue weighted by molar-refractivity contribution is 0.140. The quantitative estimate of drug-likeness (QED) is 0.334. The van der Waals surface area contributed by atoms with Crippen molar-refractivity contribution in [1.29, 1.82) is 0 Å². The first-order valence-corrected chi connectivity index (χ1v) is 11.5. The Morgan fingerprint density at radius 1 is 1.07 bits per heavy atom. The molecule has 156 valence electrons. The van der Waals surface area contributed by atoms with Gasteiger partial charge in [-0.1, -0.05) is 49.1 Å². The molecule has 0 aliphatic carbocycles. The molecule has 0 saturated carbocycles. The van der Waals surface area contributed by atoms with E-state index >= 15 is 0 Å². The Labute approximate surface area is 181 Å². The maximum atomic E-state index is 5.83. The minimum absolute atomic E-state index is 0.0584. The second-order valence-corrected chi connectivity index (χ2v) is 9.09. The van der Waals surface area contributed by atoms with E-state index in [1.807, 2.05) is 6.08 Å². The van der Waals surface area contributed by atoms with Crippen molar-refractivity contribution in [1.82, 2.24) is 4.90 Å². The van der Waals surface area contributed by atoms with Gasteiger partial charge in [0.15, 0.2) is 0 Å². The maximum absolute atomic E-state index is 5.83. The largest absolute Gasteiger partial charge is 0.381 e. The van der Waals surface area contributed by atoms with Gasteiger partial charge in [0.25, 0.3) is 0 Å². The third kappa shape index (κ3) is 10.5. The van der Waals surface area contributed by atoms with Crippen molar-refractivity contribution in [3.05, 3.63) is 69.9 Å². The fourth-order valence-corrected chi connectivity index (χ4v) is 3.59. The lowest BCUT2D eigenvalue weighted by Crippen LogP contribution is -2.22. The molecule has 0 N–H and O–H groups in total. The standard InChI is InChI=1S/C26H35NOS/c1-5-27(16-8-6-7-15-26(2,3)4)21-25-11-9-10-23(20-25)12-17-28-18-13-24-14-19-29-22-24/h6,8-11,14,19-20,22H,5,12-13,16-18,21H2,1-4H3. The second-order valence-electron chi connectivity index (χ2n) is 8.31. The first-order valence-electron chi connectivity index (χ1n) is 10.5. The first kappa shape index (κ1) is 23.4. The highest BCUT2D eigenvalue weighted by Crippen LogP contribution is 2.11.